The summed E-state index contributed by atoms with van der Waals surface area (Å²) in [5.41, 5.74) is 5.02. The van der Waals surface area contributed by atoms with E-state index >= 15 is 0 Å². The first-order valence-corrected chi connectivity index (χ1v) is 4.04. The molecule has 0 aromatic rings. The third kappa shape index (κ3) is 1.97. The Morgan fingerprint density at radius 3 is 2.64 bits per heavy atom. The van der Waals surface area contributed by atoms with Crippen LogP contribution in [0.1, 0.15) is 6.42 Å². The zero-order chi connectivity index (χ0) is 10.7. The van der Waals surface area contributed by atoms with Crippen molar-refractivity contribution >= 4 is 17.8 Å². The lowest BCUT2D eigenvalue weighted by atomic mass is 10.1. The smallest absolute Gasteiger partial charge is 0.332 e. The Hall–Kier alpha value is -1.69. The molecule has 0 fully saturated rings. The summed E-state index contributed by atoms with van der Waals surface area (Å²) >= 11 is 0. The van der Waals surface area contributed by atoms with Gasteiger partial charge in [0.1, 0.15) is 0 Å². The molecular formula is C8H10N2O4. The number of imide groups is 1. The fraction of sp³-hybridized carbons (Fsp3) is 0.375. The topological polar surface area (TPSA) is 101 Å². The quantitative estimate of drug-likeness (QED) is 0.550. The van der Waals surface area contributed by atoms with Gasteiger partial charge in [-0.15, -0.1) is 0 Å². The molecule has 0 bridgehead atoms. The highest BCUT2D eigenvalue weighted by Crippen LogP contribution is 2.12. The molecule has 0 aliphatic carbocycles. The maximum absolute atomic E-state index is 11.3. The molecule has 0 saturated carbocycles. The molecule has 0 atom stereocenters. The van der Waals surface area contributed by atoms with Crippen LogP contribution in [0.2, 0.25) is 0 Å². The number of hydrogen-bond donors (Lipinski definition) is 2. The van der Waals surface area contributed by atoms with E-state index in [1.807, 2.05) is 0 Å². The molecule has 1 aliphatic heterocycles. The highest BCUT2D eigenvalue weighted by atomic mass is 16.4. The average molecular weight is 198 g/mol. The van der Waals surface area contributed by atoms with Gasteiger partial charge in [-0.05, 0) is 0 Å². The van der Waals surface area contributed by atoms with Crippen LogP contribution in [-0.2, 0) is 14.4 Å². The summed E-state index contributed by atoms with van der Waals surface area (Å²) in [6.45, 7) is 0.300. The maximum Gasteiger partial charge on any atom is 0.332 e. The molecule has 1 aliphatic rings. The predicted octanol–water partition coefficient (Wildman–Crippen LogP) is -1.29. The van der Waals surface area contributed by atoms with Crippen LogP contribution >= 0.6 is 0 Å². The van der Waals surface area contributed by atoms with Crippen molar-refractivity contribution in [3.63, 3.8) is 0 Å². The summed E-state index contributed by atoms with van der Waals surface area (Å²) in [6, 6.07) is 0. The third-order valence-electron chi connectivity index (χ3n) is 1.83. The van der Waals surface area contributed by atoms with Gasteiger partial charge in [-0.3, -0.25) is 14.5 Å². The zero-order valence-corrected chi connectivity index (χ0v) is 7.40. The van der Waals surface area contributed by atoms with Crippen molar-refractivity contribution in [2.45, 2.75) is 6.42 Å². The first-order valence-electron chi connectivity index (χ1n) is 4.04. The van der Waals surface area contributed by atoms with Crippen LogP contribution in [0.3, 0.4) is 0 Å². The lowest BCUT2D eigenvalue weighted by Crippen LogP contribution is -2.42. The van der Waals surface area contributed by atoms with E-state index in [4.69, 9.17) is 10.8 Å². The van der Waals surface area contributed by atoms with Gasteiger partial charge in [0.2, 0.25) is 5.91 Å². The maximum atomic E-state index is 11.3. The van der Waals surface area contributed by atoms with Crippen LogP contribution in [-0.4, -0.2) is 40.9 Å². The average Bonchev–Trinajstić information content (AvgIpc) is 2.10. The first-order chi connectivity index (χ1) is 6.56. The van der Waals surface area contributed by atoms with E-state index in [2.05, 4.69) is 0 Å². The monoisotopic (exact) mass is 198 g/mol. The third-order valence-corrected chi connectivity index (χ3v) is 1.83. The van der Waals surface area contributed by atoms with E-state index in [9.17, 15) is 14.4 Å². The normalized spacial score (nSPS) is 16.9. The molecule has 14 heavy (non-hydrogen) atoms. The fourth-order valence-electron chi connectivity index (χ4n) is 1.16. The minimum Gasteiger partial charge on any atom is -0.478 e. The van der Waals surface area contributed by atoms with Crippen LogP contribution in [0, 0.1) is 0 Å². The molecule has 3 N–H and O–H groups in total. The number of nitrogens with zero attached hydrogens (tertiary/aromatic N) is 1. The number of nitrogens with two attached hydrogens (primary N) is 1. The molecule has 0 radical (unpaired) electrons. The molecule has 0 aromatic carbocycles. The van der Waals surface area contributed by atoms with Crippen molar-refractivity contribution in [3.8, 4) is 0 Å². The second kappa shape index (κ2) is 4.01. The number of hydrogen-bond acceptors (Lipinski definition) is 4. The number of carboxylic acid groups (broad SMARTS) is 1. The Labute approximate surface area is 80.0 Å². The number of rotatable bonds is 3. The zero-order valence-electron chi connectivity index (χ0n) is 7.40. The van der Waals surface area contributed by atoms with E-state index in [0.717, 1.165) is 11.0 Å². The van der Waals surface area contributed by atoms with Gasteiger partial charge < -0.3 is 10.8 Å². The second-order valence-corrected chi connectivity index (χ2v) is 2.82. The van der Waals surface area contributed by atoms with Crippen molar-refractivity contribution in [1.82, 2.24) is 4.90 Å². The minimum atomic E-state index is -1.24. The standard InChI is InChI=1S/C8H10N2O4/c9-1-2-10-6(11)3-5(8(13)14)4-7(10)12/h3H,1-2,4,9H2,(H,13,14). The summed E-state index contributed by atoms with van der Waals surface area (Å²) in [7, 11) is 0. The van der Waals surface area contributed by atoms with Crippen molar-refractivity contribution in [2.75, 3.05) is 13.1 Å². The highest BCUT2D eigenvalue weighted by molar-refractivity contribution is 6.11. The van der Waals surface area contributed by atoms with Gasteiger partial charge >= 0.3 is 5.97 Å². The van der Waals surface area contributed by atoms with Crippen LogP contribution in [0.5, 0.6) is 0 Å². The molecule has 0 saturated heterocycles. The molecule has 0 spiro atoms. The molecule has 1 rings (SSSR count). The summed E-state index contributed by atoms with van der Waals surface area (Å²) in [5.74, 6) is -2.36. The Morgan fingerprint density at radius 2 is 2.21 bits per heavy atom. The van der Waals surface area contributed by atoms with Gasteiger partial charge in [0.15, 0.2) is 0 Å². The summed E-state index contributed by atoms with van der Waals surface area (Å²) in [5, 5.41) is 8.57. The number of amides is 2. The Bertz CT molecular complexity index is 321. The van der Waals surface area contributed by atoms with Crippen molar-refractivity contribution in [1.29, 1.82) is 0 Å². The lowest BCUT2D eigenvalue weighted by molar-refractivity contribution is -0.144. The van der Waals surface area contributed by atoms with Gasteiger partial charge in [-0.1, -0.05) is 0 Å². The van der Waals surface area contributed by atoms with Gasteiger partial charge in [-0.2, -0.15) is 0 Å². The SMILES string of the molecule is NCCN1C(=O)C=C(C(=O)O)CC1=O. The Morgan fingerprint density at radius 1 is 1.57 bits per heavy atom. The summed E-state index contributed by atoms with van der Waals surface area (Å²) in [6.07, 6.45) is 0.709. The van der Waals surface area contributed by atoms with E-state index < -0.39 is 17.8 Å². The van der Waals surface area contributed by atoms with Gasteiger partial charge in [-0.25, -0.2) is 4.79 Å². The van der Waals surface area contributed by atoms with Crippen molar-refractivity contribution in [2.24, 2.45) is 5.73 Å². The molecular weight excluding hydrogens is 188 g/mol. The van der Waals surface area contributed by atoms with Crippen molar-refractivity contribution < 1.29 is 19.5 Å². The Balaban J connectivity index is 2.86. The molecule has 6 nitrogen and oxygen atoms in total. The second-order valence-electron chi connectivity index (χ2n) is 2.82. The first kappa shape index (κ1) is 10.4. The molecule has 1 heterocycles. The lowest BCUT2D eigenvalue weighted by Gasteiger charge is -2.22. The van der Waals surface area contributed by atoms with E-state index in [1.165, 1.54) is 0 Å². The molecule has 0 unspecified atom stereocenters. The predicted molar refractivity (Wildman–Crippen MR) is 46.1 cm³/mol. The molecule has 76 valence electrons. The van der Waals surface area contributed by atoms with Crippen LogP contribution < -0.4 is 5.73 Å². The van der Waals surface area contributed by atoms with Crippen LogP contribution in [0.25, 0.3) is 0 Å². The number of aliphatic carboxylic acids is 1. The van der Waals surface area contributed by atoms with Crippen molar-refractivity contribution in [3.05, 3.63) is 11.6 Å². The van der Waals surface area contributed by atoms with Crippen LogP contribution in [0.15, 0.2) is 11.6 Å². The van der Waals surface area contributed by atoms with Gasteiger partial charge in [0.05, 0.1) is 12.0 Å². The minimum absolute atomic E-state index is 0.126. The Kier molecular flexibility index (Phi) is 2.98. The number of carbonyl (C=O) groups is 3. The highest BCUT2D eigenvalue weighted by Gasteiger charge is 2.28. The van der Waals surface area contributed by atoms with E-state index in [0.29, 0.717) is 0 Å². The summed E-state index contributed by atoms with van der Waals surface area (Å²) < 4.78 is 0. The molecule has 0 aromatic heterocycles. The fourth-order valence-corrected chi connectivity index (χ4v) is 1.16. The van der Waals surface area contributed by atoms with Gasteiger partial charge in [0.25, 0.3) is 5.91 Å². The summed E-state index contributed by atoms with van der Waals surface area (Å²) in [4.78, 5) is 33.9. The van der Waals surface area contributed by atoms with E-state index in [-0.39, 0.29) is 25.1 Å². The molecule has 2 amide bonds. The number of carbonyl (C=O) groups excluding carboxylic acids is 2. The van der Waals surface area contributed by atoms with Crippen LogP contribution in [0.4, 0.5) is 0 Å². The number of carboxylic acids is 1. The largest absolute Gasteiger partial charge is 0.478 e. The molecule has 6 heteroatoms. The van der Waals surface area contributed by atoms with E-state index in [1.54, 1.807) is 0 Å². The van der Waals surface area contributed by atoms with Gasteiger partial charge in [0, 0.05) is 19.2 Å².